The van der Waals surface area contributed by atoms with Crippen molar-refractivity contribution in [1.82, 2.24) is 0 Å². The standard InChI is InChI=1S/CH3ClSi2.Li/c1-4(2)3;/h1H3;/q-1;+1. The molecule has 0 N–H and O–H groups in total. The smallest absolute Gasteiger partial charge is 0.394 e. The van der Waals surface area contributed by atoms with Crippen LogP contribution in [0.25, 0.3) is 0 Å². The van der Waals surface area contributed by atoms with Gasteiger partial charge in [0.05, 0.1) is 0 Å². The van der Waals surface area contributed by atoms with Crippen LogP contribution in [0.5, 0.6) is 0 Å². The molecule has 0 aliphatic heterocycles. The van der Waals surface area contributed by atoms with Crippen molar-refractivity contribution in [1.29, 1.82) is 0 Å². The first kappa shape index (κ1) is 9.59. The molecule has 0 aliphatic carbocycles. The predicted molar refractivity (Wildman–Crippen MR) is 23.2 cm³/mol. The molecule has 0 fully saturated rings. The molecule has 0 heterocycles. The number of hydrogen-bond donors (Lipinski definition) is 0. The van der Waals surface area contributed by atoms with E-state index in [2.05, 4.69) is 9.76 Å². The number of halogens is 1. The molecule has 0 aromatic heterocycles. The van der Waals surface area contributed by atoms with E-state index < -0.39 is 7.62 Å². The molecule has 0 aliphatic rings. The molecular formula is CH3ClLiSi2. The third-order valence-corrected chi connectivity index (χ3v) is 0. The fourth-order valence-electron chi connectivity index (χ4n) is 0. The molecule has 0 aromatic carbocycles. The van der Waals surface area contributed by atoms with Crippen molar-refractivity contribution in [3.05, 3.63) is 0 Å². The minimum absolute atomic E-state index is 0. The molecule has 0 unspecified atom stereocenters. The Balaban J connectivity index is 0. The van der Waals surface area contributed by atoms with Crippen LogP contribution >= 0.6 is 11.1 Å². The van der Waals surface area contributed by atoms with Crippen molar-refractivity contribution in [3.63, 3.8) is 0 Å². The van der Waals surface area contributed by atoms with E-state index in [1.54, 1.807) is 0 Å². The fraction of sp³-hybridized carbons (Fsp3) is 1.00. The Hall–Kier alpha value is 1.32. The fourth-order valence-corrected chi connectivity index (χ4v) is 0. The van der Waals surface area contributed by atoms with Crippen LogP contribution in [0.15, 0.2) is 0 Å². The van der Waals surface area contributed by atoms with Gasteiger partial charge in [0.1, 0.15) is 0 Å². The van der Waals surface area contributed by atoms with Gasteiger partial charge >= 0.3 is 18.9 Å². The van der Waals surface area contributed by atoms with E-state index in [4.69, 9.17) is 11.1 Å². The summed E-state index contributed by atoms with van der Waals surface area (Å²) < 4.78 is 0. The van der Waals surface area contributed by atoms with Crippen molar-refractivity contribution in [3.8, 4) is 0 Å². The Morgan fingerprint density at radius 2 is 1.80 bits per heavy atom. The van der Waals surface area contributed by atoms with E-state index in [0.717, 1.165) is 0 Å². The van der Waals surface area contributed by atoms with Gasteiger partial charge in [-0.3, -0.25) is 0 Å². The minimum atomic E-state index is -0.602. The summed E-state index contributed by atoms with van der Waals surface area (Å²) in [5, 5.41) is 0. The molecule has 4 heteroatoms. The third kappa shape index (κ3) is 33.6. The van der Waals surface area contributed by atoms with Gasteiger partial charge in [0.15, 0.2) is 0 Å². The summed E-state index contributed by atoms with van der Waals surface area (Å²) in [6, 6.07) is 0. The van der Waals surface area contributed by atoms with E-state index >= 15 is 0 Å². The zero-order valence-corrected chi connectivity index (χ0v) is 6.13. The van der Waals surface area contributed by atoms with Crippen LogP contribution < -0.4 is 18.9 Å². The van der Waals surface area contributed by atoms with Crippen molar-refractivity contribution in [2.45, 2.75) is 6.55 Å². The first-order valence-electron chi connectivity index (χ1n) is 0.939. The van der Waals surface area contributed by atoms with Gasteiger partial charge in [0.25, 0.3) is 0 Å². The molecule has 0 aromatic rings. The van der Waals surface area contributed by atoms with Crippen molar-refractivity contribution in [2.75, 3.05) is 0 Å². The van der Waals surface area contributed by atoms with Crippen LogP contribution in [0, 0.1) is 0 Å². The van der Waals surface area contributed by atoms with Gasteiger partial charge in [-0.25, -0.2) is 9.76 Å². The van der Waals surface area contributed by atoms with Gasteiger partial charge in [-0.1, -0.05) is 0 Å². The monoisotopic (exact) mass is 113 g/mol. The summed E-state index contributed by atoms with van der Waals surface area (Å²) in [6.45, 7) is 1.95. The van der Waals surface area contributed by atoms with Crippen molar-refractivity contribution in [2.24, 2.45) is 0 Å². The molecule has 0 saturated carbocycles. The van der Waals surface area contributed by atoms with Gasteiger partial charge in [-0.15, -0.1) is 0 Å². The van der Waals surface area contributed by atoms with Crippen LogP contribution in [0.4, 0.5) is 0 Å². The van der Waals surface area contributed by atoms with E-state index in [0.29, 0.717) is 0 Å². The van der Waals surface area contributed by atoms with Crippen molar-refractivity contribution < 1.29 is 18.9 Å². The van der Waals surface area contributed by atoms with Crippen molar-refractivity contribution >= 4 is 28.5 Å². The molecule has 0 atom stereocenters. The maximum absolute atomic E-state index is 5.29. The van der Waals surface area contributed by atoms with Crippen LogP contribution in [0.3, 0.4) is 0 Å². The summed E-state index contributed by atoms with van der Waals surface area (Å²) in [5.41, 5.74) is 0. The van der Waals surface area contributed by atoms with E-state index in [9.17, 15) is 0 Å². The van der Waals surface area contributed by atoms with E-state index in [1.807, 2.05) is 6.55 Å². The Bertz CT molecular complexity index is 14.4. The zero-order chi connectivity index (χ0) is 3.58. The Morgan fingerprint density at radius 1 is 1.80 bits per heavy atom. The predicted octanol–water partition coefficient (Wildman–Crippen LogP) is -2.48. The van der Waals surface area contributed by atoms with Crippen LogP contribution in [-0.4, -0.2) is 17.4 Å². The molecule has 3 radical (unpaired) electrons. The average Bonchev–Trinajstić information content (AvgIpc) is 0.811. The summed E-state index contributed by atoms with van der Waals surface area (Å²) in [7, 11) is 2.58. The molecule has 0 nitrogen and oxygen atoms in total. The molecule has 0 spiro atoms. The quantitative estimate of drug-likeness (QED) is 0.241. The molecule has 0 amide bonds. The molecule has 5 heavy (non-hydrogen) atoms. The maximum atomic E-state index is 5.29. The van der Waals surface area contributed by atoms with Gasteiger partial charge in [-0.05, 0) is 0 Å². The number of rotatable bonds is 0. The summed E-state index contributed by atoms with van der Waals surface area (Å²) in [4.78, 5) is 0. The van der Waals surface area contributed by atoms with Gasteiger partial charge in [0, 0.05) is 0 Å². The van der Waals surface area contributed by atoms with Crippen LogP contribution in [0.2, 0.25) is 6.55 Å². The Labute approximate surface area is 54.0 Å². The van der Waals surface area contributed by atoms with Crippen LogP contribution in [0.1, 0.15) is 0 Å². The first-order valence-corrected chi connectivity index (χ1v) is 5.45. The normalized spacial score (nSPS) is 7.20. The average molecular weight is 114 g/mol. The molecular weight excluding hydrogens is 111 g/mol. The topological polar surface area (TPSA) is 0 Å². The Kier molecular flexibility index (Phi) is 10.2. The van der Waals surface area contributed by atoms with Gasteiger partial charge in [-0.2, -0.15) is 14.2 Å². The SMILES string of the molecule is C[Si-]([Si])Cl.[Li+]. The second-order valence-corrected chi connectivity index (χ2v) is 6.50. The van der Waals surface area contributed by atoms with E-state index in [-0.39, 0.29) is 18.9 Å². The largest absolute Gasteiger partial charge is 1.00 e. The summed E-state index contributed by atoms with van der Waals surface area (Å²) >= 11 is 5.29. The van der Waals surface area contributed by atoms with Gasteiger partial charge < -0.3 is 11.1 Å². The minimum Gasteiger partial charge on any atom is -0.394 e. The summed E-state index contributed by atoms with van der Waals surface area (Å²) in [5.74, 6) is 0. The van der Waals surface area contributed by atoms with E-state index in [1.165, 1.54) is 0 Å². The third-order valence-electron chi connectivity index (χ3n) is 0. The Morgan fingerprint density at radius 3 is 1.80 bits per heavy atom. The molecule has 23 valence electrons. The van der Waals surface area contributed by atoms with Gasteiger partial charge in [0.2, 0.25) is 0 Å². The number of hydrogen-bond acceptors (Lipinski definition) is 0. The van der Waals surface area contributed by atoms with Crippen LogP contribution in [-0.2, 0) is 0 Å². The molecule has 0 bridgehead atoms. The second kappa shape index (κ2) is 5.32. The first-order chi connectivity index (χ1) is 1.73. The maximum Gasteiger partial charge on any atom is 1.00 e. The molecule has 0 saturated heterocycles. The second-order valence-electron chi connectivity index (χ2n) is 0.533. The summed E-state index contributed by atoms with van der Waals surface area (Å²) in [6.07, 6.45) is 0. The zero-order valence-electron chi connectivity index (χ0n) is 3.38. The molecule has 0 rings (SSSR count).